The minimum Gasteiger partial charge on any atom is -0.342 e. The van der Waals surface area contributed by atoms with Gasteiger partial charge in [0.25, 0.3) is 0 Å². The van der Waals surface area contributed by atoms with E-state index in [4.69, 9.17) is 0 Å². The third-order valence-electron chi connectivity index (χ3n) is 5.37. The predicted molar refractivity (Wildman–Crippen MR) is 102 cm³/mol. The van der Waals surface area contributed by atoms with Crippen molar-refractivity contribution in [3.05, 3.63) is 11.6 Å². The van der Waals surface area contributed by atoms with Gasteiger partial charge < -0.3 is 9.47 Å². The van der Waals surface area contributed by atoms with Crippen molar-refractivity contribution in [1.82, 2.24) is 24.6 Å². The number of thioether (sulfide) groups is 1. The third-order valence-corrected chi connectivity index (χ3v) is 6.27. The van der Waals surface area contributed by atoms with Crippen LogP contribution in [0.15, 0.2) is 0 Å². The summed E-state index contributed by atoms with van der Waals surface area (Å²) in [4.78, 5) is 16.9. The molecular formula is C18H31N5OS. The summed E-state index contributed by atoms with van der Waals surface area (Å²) < 4.78 is 2.17. The quantitative estimate of drug-likeness (QED) is 0.694. The number of hydrogen-bond donors (Lipinski definition) is 0. The smallest absolute Gasteiger partial charge is 0.223 e. The van der Waals surface area contributed by atoms with E-state index in [1.54, 1.807) is 0 Å². The number of aromatic nitrogens is 3. The van der Waals surface area contributed by atoms with Gasteiger partial charge >= 0.3 is 0 Å². The fourth-order valence-corrected chi connectivity index (χ4v) is 4.49. The SMILES string of the molecule is CCSCCC(=O)N1CCC[C@H](c2nnc(CN3CCCC3)n2C)C1. The van der Waals surface area contributed by atoms with E-state index in [0.29, 0.717) is 18.2 Å². The van der Waals surface area contributed by atoms with Crippen molar-refractivity contribution < 1.29 is 4.79 Å². The molecule has 140 valence electrons. The maximum atomic E-state index is 12.4. The molecule has 0 bridgehead atoms. The molecule has 2 saturated heterocycles. The Morgan fingerprint density at radius 3 is 2.76 bits per heavy atom. The molecule has 25 heavy (non-hydrogen) atoms. The summed E-state index contributed by atoms with van der Waals surface area (Å²) in [5.41, 5.74) is 0. The second-order valence-electron chi connectivity index (χ2n) is 7.14. The van der Waals surface area contributed by atoms with Crippen LogP contribution in [0.2, 0.25) is 0 Å². The standard InChI is InChI=1S/C18H31N5OS/c1-3-25-12-8-17(24)23-11-6-7-15(13-23)18-20-19-16(21(18)2)14-22-9-4-5-10-22/h15H,3-14H2,1-2H3/t15-/m0/s1. The number of carbonyl (C=O) groups excluding carboxylic acids is 1. The Balaban J connectivity index is 1.59. The van der Waals surface area contributed by atoms with E-state index in [0.717, 1.165) is 55.6 Å². The Morgan fingerprint density at radius 2 is 2.00 bits per heavy atom. The highest BCUT2D eigenvalue weighted by Gasteiger charge is 2.28. The van der Waals surface area contributed by atoms with E-state index in [-0.39, 0.29) is 0 Å². The van der Waals surface area contributed by atoms with Crippen LogP contribution in [0, 0.1) is 0 Å². The van der Waals surface area contributed by atoms with Gasteiger partial charge in [0.05, 0.1) is 6.54 Å². The highest BCUT2D eigenvalue weighted by Crippen LogP contribution is 2.26. The van der Waals surface area contributed by atoms with E-state index >= 15 is 0 Å². The van der Waals surface area contributed by atoms with E-state index in [2.05, 4.69) is 33.6 Å². The number of piperidine rings is 1. The Kier molecular flexibility index (Phi) is 6.76. The first-order valence-electron chi connectivity index (χ1n) is 9.65. The third kappa shape index (κ3) is 4.76. The predicted octanol–water partition coefficient (Wildman–Crippen LogP) is 2.26. The first-order chi connectivity index (χ1) is 12.2. The Hall–Kier alpha value is -1.08. The molecule has 2 fully saturated rings. The lowest BCUT2D eigenvalue weighted by Crippen LogP contribution is -2.39. The van der Waals surface area contributed by atoms with Gasteiger partial charge in [-0.2, -0.15) is 11.8 Å². The normalized spacial score (nSPS) is 21.8. The lowest BCUT2D eigenvalue weighted by molar-refractivity contribution is -0.132. The van der Waals surface area contributed by atoms with Crippen LogP contribution in [0.3, 0.4) is 0 Å². The molecule has 1 aromatic rings. The summed E-state index contributed by atoms with van der Waals surface area (Å²) in [6.45, 7) is 7.07. The zero-order valence-corrected chi connectivity index (χ0v) is 16.4. The van der Waals surface area contributed by atoms with Crippen LogP contribution < -0.4 is 0 Å². The molecule has 3 rings (SSSR count). The van der Waals surface area contributed by atoms with E-state index in [9.17, 15) is 4.79 Å². The van der Waals surface area contributed by atoms with Gasteiger partial charge in [-0.15, -0.1) is 10.2 Å². The first-order valence-corrected chi connectivity index (χ1v) is 10.8. The van der Waals surface area contributed by atoms with Crippen LogP contribution in [-0.4, -0.2) is 68.2 Å². The van der Waals surface area contributed by atoms with Crippen LogP contribution >= 0.6 is 11.8 Å². The Bertz CT molecular complexity index is 570. The molecule has 7 heteroatoms. The molecule has 0 saturated carbocycles. The number of likely N-dealkylation sites (tertiary alicyclic amines) is 2. The number of amides is 1. The molecule has 0 aliphatic carbocycles. The van der Waals surface area contributed by atoms with E-state index in [1.165, 1.54) is 25.9 Å². The van der Waals surface area contributed by atoms with Gasteiger partial charge in [0.15, 0.2) is 0 Å². The molecule has 1 amide bonds. The highest BCUT2D eigenvalue weighted by molar-refractivity contribution is 7.99. The summed E-state index contributed by atoms with van der Waals surface area (Å²) in [7, 11) is 2.08. The molecule has 3 heterocycles. The zero-order valence-electron chi connectivity index (χ0n) is 15.6. The largest absolute Gasteiger partial charge is 0.342 e. The molecule has 0 aromatic carbocycles. The molecule has 0 N–H and O–H groups in total. The van der Waals surface area contributed by atoms with Crippen molar-refractivity contribution in [2.45, 2.75) is 51.5 Å². The van der Waals surface area contributed by atoms with Gasteiger partial charge in [-0.25, -0.2) is 0 Å². The number of hydrogen-bond acceptors (Lipinski definition) is 5. The van der Waals surface area contributed by atoms with Crippen LogP contribution in [0.5, 0.6) is 0 Å². The number of nitrogens with zero attached hydrogens (tertiary/aromatic N) is 5. The summed E-state index contributed by atoms with van der Waals surface area (Å²) in [5, 5.41) is 8.94. The van der Waals surface area contributed by atoms with Gasteiger partial charge in [0.1, 0.15) is 11.6 Å². The van der Waals surface area contributed by atoms with Gasteiger partial charge in [0.2, 0.25) is 5.91 Å². The Labute approximate surface area is 155 Å². The number of rotatable bonds is 7. The van der Waals surface area contributed by atoms with Gasteiger partial charge in [-0.3, -0.25) is 9.69 Å². The lowest BCUT2D eigenvalue weighted by atomic mass is 9.97. The molecular weight excluding hydrogens is 334 g/mol. The molecule has 0 spiro atoms. The minimum atomic E-state index is 0.296. The number of carbonyl (C=O) groups is 1. The monoisotopic (exact) mass is 365 g/mol. The highest BCUT2D eigenvalue weighted by atomic mass is 32.2. The minimum absolute atomic E-state index is 0.296. The maximum Gasteiger partial charge on any atom is 0.223 e. The Morgan fingerprint density at radius 1 is 1.20 bits per heavy atom. The van der Waals surface area contributed by atoms with Crippen LogP contribution in [0.4, 0.5) is 0 Å². The van der Waals surface area contributed by atoms with Crippen molar-refractivity contribution >= 4 is 17.7 Å². The van der Waals surface area contributed by atoms with Gasteiger partial charge in [-0.1, -0.05) is 6.92 Å². The topological polar surface area (TPSA) is 54.3 Å². The summed E-state index contributed by atoms with van der Waals surface area (Å²) >= 11 is 1.84. The average Bonchev–Trinajstić information content (AvgIpc) is 3.26. The van der Waals surface area contributed by atoms with Gasteiger partial charge in [0, 0.05) is 38.2 Å². The molecule has 2 aliphatic rings. The second kappa shape index (κ2) is 9.03. The lowest BCUT2D eigenvalue weighted by Gasteiger charge is -2.32. The fraction of sp³-hybridized carbons (Fsp3) is 0.833. The van der Waals surface area contributed by atoms with Crippen LogP contribution in [-0.2, 0) is 18.4 Å². The fourth-order valence-electron chi connectivity index (χ4n) is 3.89. The van der Waals surface area contributed by atoms with Crippen molar-refractivity contribution in [2.75, 3.05) is 37.7 Å². The average molecular weight is 366 g/mol. The van der Waals surface area contributed by atoms with E-state index < -0.39 is 0 Å². The molecule has 6 nitrogen and oxygen atoms in total. The van der Waals surface area contributed by atoms with Crippen molar-refractivity contribution in [3.63, 3.8) is 0 Å². The summed E-state index contributed by atoms with van der Waals surface area (Å²) in [6, 6.07) is 0. The molecule has 2 aliphatic heterocycles. The molecule has 1 atom stereocenters. The van der Waals surface area contributed by atoms with Crippen molar-refractivity contribution in [3.8, 4) is 0 Å². The second-order valence-corrected chi connectivity index (χ2v) is 8.54. The molecule has 1 aromatic heterocycles. The molecule has 0 radical (unpaired) electrons. The van der Waals surface area contributed by atoms with Gasteiger partial charge in [-0.05, 0) is 44.5 Å². The molecule has 0 unspecified atom stereocenters. The van der Waals surface area contributed by atoms with Crippen molar-refractivity contribution in [2.24, 2.45) is 7.05 Å². The van der Waals surface area contributed by atoms with Crippen LogP contribution in [0.25, 0.3) is 0 Å². The van der Waals surface area contributed by atoms with Crippen LogP contribution in [0.1, 0.15) is 56.6 Å². The van der Waals surface area contributed by atoms with Crippen molar-refractivity contribution in [1.29, 1.82) is 0 Å². The maximum absolute atomic E-state index is 12.4. The first kappa shape index (κ1) is 18.7. The summed E-state index contributed by atoms with van der Waals surface area (Å²) in [5.74, 6) is 4.73. The zero-order chi connectivity index (χ0) is 17.6. The van der Waals surface area contributed by atoms with E-state index in [1.807, 2.05) is 16.7 Å². The summed E-state index contributed by atoms with van der Waals surface area (Å²) in [6.07, 6.45) is 5.40.